The van der Waals surface area contributed by atoms with Gasteiger partial charge in [-0.2, -0.15) is 0 Å². The number of benzene rings is 2. The molecular formula is C25H29FN2O2. The number of primary amides is 1. The summed E-state index contributed by atoms with van der Waals surface area (Å²) in [6, 6.07) is 14.1. The lowest BCUT2D eigenvalue weighted by Gasteiger charge is -2.15. The Hall–Kier alpha value is -3.08. The monoisotopic (exact) mass is 408 g/mol. The number of aromatic nitrogens is 1. The van der Waals surface area contributed by atoms with Crippen LogP contribution in [0.1, 0.15) is 53.5 Å². The normalized spacial score (nSPS) is 10.9. The first-order valence-corrected chi connectivity index (χ1v) is 10.4. The summed E-state index contributed by atoms with van der Waals surface area (Å²) in [5.41, 5.74) is 10.8. The molecule has 2 aromatic carbocycles. The van der Waals surface area contributed by atoms with Gasteiger partial charge in [-0.05, 0) is 43.5 Å². The zero-order valence-corrected chi connectivity index (χ0v) is 17.9. The fraction of sp³-hybridized carbons (Fsp3) is 0.320. The third kappa shape index (κ3) is 4.40. The minimum Gasteiger partial charge on any atom is -0.496 e. The predicted octanol–water partition coefficient (Wildman–Crippen LogP) is 5.49. The molecule has 0 bridgehead atoms. The molecule has 158 valence electrons. The van der Waals surface area contributed by atoms with Crippen LogP contribution in [0.2, 0.25) is 0 Å². The van der Waals surface area contributed by atoms with Crippen LogP contribution >= 0.6 is 0 Å². The molecule has 0 saturated heterocycles. The molecule has 1 amide bonds. The Kier molecular flexibility index (Phi) is 6.93. The minimum atomic E-state index is -0.470. The van der Waals surface area contributed by atoms with Gasteiger partial charge in [0, 0.05) is 22.5 Å². The highest BCUT2D eigenvalue weighted by Crippen LogP contribution is 2.35. The summed E-state index contributed by atoms with van der Waals surface area (Å²) >= 11 is 0. The number of methoxy groups -OCH3 is 1. The van der Waals surface area contributed by atoms with Crippen molar-refractivity contribution in [1.82, 2.24) is 4.57 Å². The number of hydrogen-bond acceptors (Lipinski definition) is 2. The molecule has 0 aliphatic heterocycles. The van der Waals surface area contributed by atoms with Crippen molar-refractivity contribution < 1.29 is 13.9 Å². The predicted molar refractivity (Wildman–Crippen MR) is 118 cm³/mol. The molecule has 3 aromatic rings. The van der Waals surface area contributed by atoms with Crippen molar-refractivity contribution >= 4 is 5.91 Å². The second-order valence-electron chi connectivity index (χ2n) is 7.51. The highest BCUT2D eigenvalue weighted by molar-refractivity contribution is 6.02. The molecule has 2 N–H and O–H groups in total. The van der Waals surface area contributed by atoms with Gasteiger partial charge in [-0.3, -0.25) is 4.79 Å². The van der Waals surface area contributed by atoms with Crippen molar-refractivity contribution in [3.05, 3.63) is 76.9 Å². The maximum absolute atomic E-state index is 13.6. The number of nitrogens with two attached hydrogens (primary N) is 1. The van der Waals surface area contributed by atoms with Crippen molar-refractivity contribution in [3.63, 3.8) is 0 Å². The summed E-state index contributed by atoms with van der Waals surface area (Å²) in [4.78, 5) is 12.5. The molecule has 0 unspecified atom stereocenters. The van der Waals surface area contributed by atoms with E-state index < -0.39 is 5.91 Å². The van der Waals surface area contributed by atoms with E-state index in [1.165, 1.54) is 12.1 Å². The first-order chi connectivity index (χ1) is 14.5. The van der Waals surface area contributed by atoms with E-state index >= 15 is 0 Å². The summed E-state index contributed by atoms with van der Waals surface area (Å²) in [6.45, 7) is 4.65. The van der Waals surface area contributed by atoms with Crippen molar-refractivity contribution in [2.75, 3.05) is 7.11 Å². The van der Waals surface area contributed by atoms with Crippen molar-refractivity contribution in [2.45, 2.75) is 46.1 Å². The fourth-order valence-electron chi connectivity index (χ4n) is 4.05. The summed E-state index contributed by atoms with van der Waals surface area (Å²) in [7, 11) is 1.66. The summed E-state index contributed by atoms with van der Waals surface area (Å²) < 4.78 is 21.2. The molecule has 0 fully saturated rings. The Labute approximate surface area is 177 Å². The first kappa shape index (κ1) is 21.6. The molecule has 1 heterocycles. The summed E-state index contributed by atoms with van der Waals surface area (Å²) in [5, 5.41) is 0. The number of nitrogens with zero attached hydrogens (tertiary/aromatic N) is 1. The van der Waals surface area contributed by atoms with E-state index in [1.54, 1.807) is 19.2 Å². The maximum atomic E-state index is 13.6. The molecule has 5 heteroatoms. The van der Waals surface area contributed by atoms with Crippen LogP contribution in [0, 0.1) is 12.7 Å². The zero-order chi connectivity index (χ0) is 21.7. The lowest BCUT2D eigenvalue weighted by Crippen LogP contribution is -2.13. The first-order valence-electron chi connectivity index (χ1n) is 10.4. The Morgan fingerprint density at radius 2 is 1.80 bits per heavy atom. The highest BCUT2D eigenvalue weighted by atomic mass is 19.1. The Balaban J connectivity index is 2.20. The highest BCUT2D eigenvalue weighted by Gasteiger charge is 2.25. The number of para-hydroxylation sites is 1. The van der Waals surface area contributed by atoms with Crippen LogP contribution in [0.3, 0.4) is 0 Å². The molecule has 0 aliphatic carbocycles. The molecule has 30 heavy (non-hydrogen) atoms. The van der Waals surface area contributed by atoms with E-state index in [1.807, 2.05) is 31.2 Å². The lowest BCUT2D eigenvalue weighted by molar-refractivity contribution is 0.1000. The van der Waals surface area contributed by atoms with Crippen LogP contribution in [0.4, 0.5) is 4.39 Å². The number of carbonyl (C=O) groups is 1. The van der Waals surface area contributed by atoms with Gasteiger partial charge < -0.3 is 15.0 Å². The van der Waals surface area contributed by atoms with E-state index in [-0.39, 0.29) is 5.82 Å². The SMILES string of the molecule is CCCCCc1c(-c2ccc(F)cc2)c(C(N)=O)c(C)n1Cc1ccccc1OC. The Morgan fingerprint density at radius 1 is 1.10 bits per heavy atom. The van der Waals surface area contributed by atoms with E-state index in [0.717, 1.165) is 59.5 Å². The fourth-order valence-corrected chi connectivity index (χ4v) is 4.05. The molecule has 0 aliphatic rings. The molecule has 0 radical (unpaired) electrons. The zero-order valence-electron chi connectivity index (χ0n) is 17.9. The average Bonchev–Trinajstić information content (AvgIpc) is 3.01. The smallest absolute Gasteiger partial charge is 0.251 e. The van der Waals surface area contributed by atoms with Crippen LogP contribution in [0.5, 0.6) is 5.75 Å². The molecule has 4 nitrogen and oxygen atoms in total. The van der Waals surface area contributed by atoms with E-state index in [9.17, 15) is 9.18 Å². The Morgan fingerprint density at radius 3 is 2.43 bits per heavy atom. The van der Waals surface area contributed by atoms with Gasteiger partial charge in [0.2, 0.25) is 0 Å². The van der Waals surface area contributed by atoms with E-state index in [2.05, 4.69) is 11.5 Å². The van der Waals surface area contributed by atoms with Crippen LogP contribution in [0.25, 0.3) is 11.1 Å². The number of unbranched alkanes of at least 4 members (excludes halogenated alkanes) is 2. The van der Waals surface area contributed by atoms with Gasteiger partial charge in [0.1, 0.15) is 11.6 Å². The maximum Gasteiger partial charge on any atom is 0.251 e. The number of amides is 1. The van der Waals surface area contributed by atoms with Gasteiger partial charge in [0.25, 0.3) is 5.91 Å². The van der Waals surface area contributed by atoms with Crippen LogP contribution in [-0.2, 0) is 13.0 Å². The van der Waals surface area contributed by atoms with Gasteiger partial charge in [0.05, 0.1) is 19.2 Å². The average molecular weight is 409 g/mol. The van der Waals surface area contributed by atoms with Gasteiger partial charge >= 0.3 is 0 Å². The standard InChI is InChI=1S/C25H29FN2O2/c1-4-5-6-10-21-24(18-12-14-20(26)15-13-18)23(25(27)29)17(2)28(21)16-19-9-7-8-11-22(19)30-3/h7-9,11-15H,4-6,10,16H2,1-3H3,(H2,27,29). The number of halogens is 1. The summed E-state index contributed by atoms with van der Waals surface area (Å²) in [6.07, 6.45) is 4.00. The molecule has 1 aromatic heterocycles. The topological polar surface area (TPSA) is 57.2 Å². The van der Waals surface area contributed by atoms with Gasteiger partial charge in [-0.25, -0.2) is 4.39 Å². The molecule has 3 rings (SSSR count). The van der Waals surface area contributed by atoms with Gasteiger partial charge in [0.15, 0.2) is 0 Å². The van der Waals surface area contributed by atoms with E-state index in [0.29, 0.717) is 12.1 Å². The minimum absolute atomic E-state index is 0.308. The molecule has 0 atom stereocenters. The van der Waals surface area contributed by atoms with Crippen molar-refractivity contribution in [1.29, 1.82) is 0 Å². The number of carbonyl (C=O) groups excluding carboxylic acids is 1. The van der Waals surface area contributed by atoms with Crippen LogP contribution in [-0.4, -0.2) is 17.6 Å². The third-order valence-corrected chi connectivity index (χ3v) is 5.55. The van der Waals surface area contributed by atoms with Crippen LogP contribution < -0.4 is 10.5 Å². The number of ether oxygens (including phenoxy) is 1. The van der Waals surface area contributed by atoms with Gasteiger partial charge in [-0.1, -0.05) is 50.1 Å². The summed E-state index contributed by atoms with van der Waals surface area (Å²) in [5.74, 6) is 0.0218. The second-order valence-corrected chi connectivity index (χ2v) is 7.51. The lowest BCUT2D eigenvalue weighted by atomic mass is 9.97. The third-order valence-electron chi connectivity index (χ3n) is 5.55. The Bertz CT molecular complexity index is 1020. The van der Waals surface area contributed by atoms with Crippen molar-refractivity contribution in [2.24, 2.45) is 5.73 Å². The number of hydrogen-bond donors (Lipinski definition) is 1. The van der Waals surface area contributed by atoms with Crippen molar-refractivity contribution in [3.8, 4) is 16.9 Å². The number of rotatable bonds is 9. The second kappa shape index (κ2) is 9.61. The molecular weight excluding hydrogens is 379 g/mol. The molecule has 0 spiro atoms. The quantitative estimate of drug-likeness (QED) is 0.476. The molecule has 0 saturated carbocycles. The van der Waals surface area contributed by atoms with Gasteiger partial charge in [-0.15, -0.1) is 0 Å². The van der Waals surface area contributed by atoms with Crippen LogP contribution in [0.15, 0.2) is 48.5 Å². The largest absolute Gasteiger partial charge is 0.496 e. The van der Waals surface area contributed by atoms with E-state index in [4.69, 9.17) is 10.5 Å².